The first-order valence-corrected chi connectivity index (χ1v) is 7.01. The maximum absolute atomic E-state index is 11.9. The fourth-order valence-electron chi connectivity index (χ4n) is 2.76. The molecule has 0 radical (unpaired) electrons. The second kappa shape index (κ2) is 4.79. The van der Waals surface area contributed by atoms with E-state index in [1.54, 1.807) is 16.8 Å². The van der Waals surface area contributed by atoms with Crippen molar-refractivity contribution in [2.45, 2.75) is 19.3 Å². The molecule has 1 amide bonds. The van der Waals surface area contributed by atoms with Gasteiger partial charge in [0.25, 0.3) is 0 Å². The summed E-state index contributed by atoms with van der Waals surface area (Å²) in [7, 11) is 1.82. The van der Waals surface area contributed by atoms with E-state index >= 15 is 0 Å². The van der Waals surface area contributed by atoms with Gasteiger partial charge < -0.3 is 5.32 Å². The molecule has 6 heteroatoms. The van der Waals surface area contributed by atoms with Gasteiger partial charge >= 0.3 is 0 Å². The predicted molar refractivity (Wildman–Crippen MR) is 79.5 cm³/mol. The Morgan fingerprint density at radius 3 is 2.85 bits per heavy atom. The van der Waals surface area contributed by atoms with E-state index in [4.69, 9.17) is 23.2 Å². The van der Waals surface area contributed by atoms with Gasteiger partial charge in [0, 0.05) is 35.0 Å². The van der Waals surface area contributed by atoms with Crippen molar-refractivity contribution in [1.29, 1.82) is 0 Å². The number of aromatic nitrogens is 2. The smallest absolute Gasteiger partial charge is 0.226 e. The number of anilines is 1. The topological polar surface area (TPSA) is 46.9 Å². The van der Waals surface area contributed by atoms with Crippen LogP contribution >= 0.6 is 23.2 Å². The van der Waals surface area contributed by atoms with E-state index in [9.17, 15) is 4.79 Å². The normalized spacial score (nSPS) is 17.8. The number of hydrogen-bond acceptors (Lipinski definition) is 2. The van der Waals surface area contributed by atoms with Crippen LogP contribution in [0.3, 0.4) is 0 Å². The summed E-state index contributed by atoms with van der Waals surface area (Å²) in [5, 5.41) is 8.42. The third kappa shape index (κ3) is 2.09. The molecule has 0 fully saturated rings. The van der Waals surface area contributed by atoms with Gasteiger partial charge in [-0.1, -0.05) is 29.3 Å². The molecule has 0 saturated carbocycles. The second-order valence-corrected chi connectivity index (χ2v) is 5.79. The van der Waals surface area contributed by atoms with E-state index in [0.717, 1.165) is 22.6 Å². The molecule has 0 aliphatic carbocycles. The molecule has 0 saturated heterocycles. The van der Waals surface area contributed by atoms with Gasteiger partial charge in [0.1, 0.15) is 5.82 Å². The molecule has 0 unspecified atom stereocenters. The van der Waals surface area contributed by atoms with E-state index in [0.29, 0.717) is 16.5 Å². The summed E-state index contributed by atoms with van der Waals surface area (Å²) in [5.74, 6) is 0.628. The Labute approximate surface area is 126 Å². The number of amides is 1. The molecule has 0 spiro atoms. The quantitative estimate of drug-likeness (QED) is 0.876. The SMILES string of the molecule is Cc1nn(C)c2c1[C@H](c1ccc(Cl)cc1Cl)CC(=O)N2. The first kappa shape index (κ1) is 13.5. The summed E-state index contributed by atoms with van der Waals surface area (Å²) in [4.78, 5) is 11.9. The van der Waals surface area contributed by atoms with Crippen LogP contribution < -0.4 is 5.32 Å². The molecule has 1 aliphatic heterocycles. The Morgan fingerprint density at radius 1 is 1.40 bits per heavy atom. The van der Waals surface area contributed by atoms with Crippen LogP contribution in [0.15, 0.2) is 18.2 Å². The van der Waals surface area contributed by atoms with Gasteiger partial charge in [0.05, 0.1) is 5.69 Å². The molecule has 1 aromatic heterocycles. The fraction of sp³-hybridized carbons (Fsp3) is 0.286. The van der Waals surface area contributed by atoms with E-state index in [2.05, 4.69) is 10.4 Å². The van der Waals surface area contributed by atoms with Gasteiger partial charge in [-0.2, -0.15) is 5.10 Å². The van der Waals surface area contributed by atoms with E-state index in [1.165, 1.54) is 0 Å². The average Bonchev–Trinajstić information content (AvgIpc) is 2.64. The number of aryl methyl sites for hydroxylation is 2. The Bertz CT molecular complexity index is 709. The summed E-state index contributed by atoms with van der Waals surface area (Å²) in [6.07, 6.45) is 0.362. The van der Waals surface area contributed by atoms with Gasteiger partial charge in [0.15, 0.2) is 0 Å². The fourth-order valence-corrected chi connectivity index (χ4v) is 3.30. The maximum Gasteiger partial charge on any atom is 0.226 e. The molecule has 0 bridgehead atoms. The monoisotopic (exact) mass is 309 g/mol. The van der Waals surface area contributed by atoms with Crippen LogP contribution in [0.4, 0.5) is 5.82 Å². The van der Waals surface area contributed by atoms with Crippen LogP contribution in [-0.4, -0.2) is 15.7 Å². The Balaban J connectivity index is 2.18. The minimum absolute atomic E-state index is 0.0310. The first-order chi connectivity index (χ1) is 9.47. The molecular weight excluding hydrogens is 297 g/mol. The summed E-state index contributed by atoms with van der Waals surface area (Å²) in [6.45, 7) is 1.94. The third-order valence-corrected chi connectivity index (χ3v) is 4.16. The minimum Gasteiger partial charge on any atom is -0.311 e. The van der Waals surface area contributed by atoms with Crippen molar-refractivity contribution >= 4 is 34.9 Å². The summed E-state index contributed by atoms with van der Waals surface area (Å²) in [6, 6.07) is 5.38. The van der Waals surface area contributed by atoms with Gasteiger partial charge in [0.2, 0.25) is 5.91 Å². The number of benzene rings is 1. The average molecular weight is 310 g/mol. The van der Waals surface area contributed by atoms with Gasteiger partial charge in [-0.25, -0.2) is 0 Å². The number of halogens is 2. The highest BCUT2D eigenvalue weighted by atomic mass is 35.5. The lowest BCUT2D eigenvalue weighted by Gasteiger charge is -2.24. The van der Waals surface area contributed by atoms with Crippen molar-refractivity contribution in [2.24, 2.45) is 7.05 Å². The summed E-state index contributed by atoms with van der Waals surface area (Å²) in [5.41, 5.74) is 2.83. The second-order valence-electron chi connectivity index (χ2n) is 4.94. The lowest BCUT2D eigenvalue weighted by molar-refractivity contribution is -0.116. The summed E-state index contributed by atoms with van der Waals surface area (Å²) < 4.78 is 1.69. The lowest BCUT2D eigenvalue weighted by Crippen LogP contribution is -2.24. The molecule has 1 atom stereocenters. The molecule has 2 heterocycles. The van der Waals surface area contributed by atoms with Crippen molar-refractivity contribution in [1.82, 2.24) is 9.78 Å². The zero-order chi connectivity index (χ0) is 14.4. The lowest BCUT2D eigenvalue weighted by atomic mass is 9.86. The predicted octanol–water partition coefficient (Wildman–Crippen LogP) is 3.51. The molecule has 4 nitrogen and oxygen atoms in total. The number of fused-ring (bicyclic) bond motifs is 1. The number of nitrogens with one attached hydrogen (secondary N) is 1. The summed E-state index contributed by atoms with van der Waals surface area (Å²) >= 11 is 12.2. The maximum atomic E-state index is 11.9. The van der Waals surface area contributed by atoms with Crippen LogP contribution in [0, 0.1) is 6.92 Å². The van der Waals surface area contributed by atoms with Gasteiger partial charge in [-0.05, 0) is 24.6 Å². The van der Waals surface area contributed by atoms with Crippen LogP contribution in [0.1, 0.15) is 29.2 Å². The highest BCUT2D eigenvalue weighted by molar-refractivity contribution is 6.35. The molecular formula is C14H13Cl2N3O. The number of carbonyl (C=O) groups is 1. The molecule has 1 aliphatic rings. The minimum atomic E-state index is -0.0859. The number of nitrogens with zero attached hydrogens (tertiary/aromatic N) is 2. The van der Waals surface area contributed by atoms with Crippen LogP contribution in [0.5, 0.6) is 0 Å². The highest BCUT2D eigenvalue weighted by Gasteiger charge is 2.32. The molecule has 1 aromatic carbocycles. The van der Waals surface area contributed by atoms with Gasteiger partial charge in [-0.15, -0.1) is 0 Å². The van der Waals surface area contributed by atoms with Crippen LogP contribution in [-0.2, 0) is 11.8 Å². The zero-order valence-corrected chi connectivity index (χ0v) is 12.6. The van der Waals surface area contributed by atoms with Crippen molar-refractivity contribution in [3.63, 3.8) is 0 Å². The van der Waals surface area contributed by atoms with Gasteiger partial charge in [-0.3, -0.25) is 9.48 Å². The Morgan fingerprint density at radius 2 is 2.15 bits per heavy atom. The molecule has 104 valence electrons. The highest BCUT2D eigenvalue weighted by Crippen LogP contribution is 2.41. The standard InChI is InChI=1S/C14H13Cl2N3O/c1-7-13-10(9-4-3-8(15)5-11(9)16)6-12(20)17-14(13)19(2)18-7/h3-5,10H,6H2,1-2H3,(H,17,20)/t10-/m0/s1. The third-order valence-electron chi connectivity index (χ3n) is 3.60. The van der Waals surface area contributed by atoms with Crippen molar-refractivity contribution in [3.8, 4) is 0 Å². The molecule has 2 aromatic rings. The van der Waals surface area contributed by atoms with E-state index in [-0.39, 0.29) is 11.8 Å². The van der Waals surface area contributed by atoms with E-state index < -0.39 is 0 Å². The van der Waals surface area contributed by atoms with Crippen molar-refractivity contribution in [2.75, 3.05) is 5.32 Å². The molecule has 20 heavy (non-hydrogen) atoms. The molecule has 3 rings (SSSR count). The Kier molecular flexibility index (Phi) is 3.22. The zero-order valence-electron chi connectivity index (χ0n) is 11.1. The van der Waals surface area contributed by atoms with Crippen molar-refractivity contribution < 1.29 is 4.79 Å². The number of rotatable bonds is 1. The number of hydrogen-bond donors (Lipinski definition) is 1. The largest absolute Gasteiger partial charge is 0.311 e. The van der Waals surface area contributed by atoms with Crippen LogP contribution in [0.25, 0.3) is 0 Å². The number of carbonyl (C=O) groups excluding carboxylic acids is 1. The first-order valence-electron chi connectivity index (χ1n) is 6.25. The van der Waals surface area contributed by atoms with Crippen molar-refractivity contribution in [3.05, 3.63) is 45.1 Å². The Hall–Kier alpha value is -1.52. The molecule has 1 N–H and O–H groups in total. The van der Waals surface area contributed by atoms with E-state index in [1.807, 2.05) is 20.0 Å². The van der Waals surface area contributed by atoms with Crippen LogP contribution in [0.2, 0.25) is 10.0 Å².